The summed E-state index contributed by atoms with van der Waals surface area (Å²) in [5.41, 5.74) is 2.59. The third-order valence-electron chi connectivity index (χ3n) is 1.80. The molecule has 0 radical (unpaired) electrons. The first kappa shape index (κ1) is 7.76. The zero-order chi connectivity index (χ0) is 7.56. The van der Waals surface area contributed by atoms with Crippen LogP contribution in [0, 0.1) is 0 Å². The molecular formula is C8H14O2. The van der Waals surface area contributed by atoms with Crippen LogP contribution in [0.4, 0.5) is 0 Å². The predicted molar refractivity (Wildman–Crippen MR) is 39.7 cm³/mol. The highest BCUT2D eigenvalue weighted by Crippen LogP contribution is 2.11. The quantitative estimate of drug-likeness (QED) is 0.479. The first-order valence-electron chi connectivity index (χ1n) is 3.58. The number of hydrogen-bond donors (Lipinski definition) is 0. The van der Waals surface area contributed by atoms with Crippen molar-refractivity contribution in [3.63, 3.8) is 0 Å². The van der Waals surface area contributed by atoms with E-state index in [0.29, 0.717) is 13.2 Å². The van der Waals surface area contributed by atoms with E-state index in [2.05, 4.69) is 13.8 Å². The molecule has 0 aliphatic carbocycles. The van der Waals surface area contributed by atoms with Gasteiger partial charge in [0.2, 0.25) is 0 Å². The number of rotatable bonds is 0. The maximum Gasteiger partial charge on any atom is 0.155 e. The van der Waals surface area contributed by atoms with Crippen LogP contribution in [0.2, 0.25) is 0 Å². The second kappa shape index (κ2) is 3.17. The molecule has 0 N–H and O–H groups in total. The molecule has 1 heterocycles. The van der Waals surface area contributed by atoms with E-state index in [4.69, 9.17) is 9.47 Å². The van der Waals surface area contributed by atoms with Gasteiger partial charge >= 0.3 is 0 Å². The van der Waals surface area contributed by atoms with Crippen molar-refractivity contribution in [2.45, 2.75) is 27.1 Å². The summed E-state index contributed by atoms with van der Waals surface area (Å²) in [4.78, 5) is 0. The lowest BCUT2D eigenvalue weighted by atomic mass is 10.2. The Morgan fingerprint density at radius 2 is 1.50 bits per heavy atom. The molecular weight excluding hydrogens is 128 g/mol. The molecule has 0 aromatic heterocycles. The van der Waals surface area contributed by atoms with Crippen molar-refractivity contribution in [1.29, 1.82) is 0 Å². The molecule has 0 saturated carbocycles. The van der Waals surface area contributed by atoms with Gasteiger partial charge in [0.15, 0.2) is 6.29 Å². The maximum absolute atomic E-state index is 5.31. The minimum absolute atomic E-state index is 0.0487. The van der Waals surface area contributed by atoms with Gasteiger partial charge in [-0.25, -0.2) is 0 Å². The van der Waals surface area contributed by atoms with Gasteiger partial charge in [-0.3, -0.25) is 0 Å². The number of hydrogen-bond acceptors (Lipinski definition) is 2. The minimum atomic E-state index is -0.0487. The number of ether oxygens (including phenoxy) is 2. The molecule has 58 valence electrons. The van der Waals surface area contributed by atoms with Crippen LogP contribution in [0.5, 0.6) is 0 Å². The van der Waals surface area contributed by atoms with Crippen LogP contribution in [0.1, 0.15) is 20.8 Å². The maximum atomic E-state index is 5.31. The summed E-state index contributed by atoms with van der Waals surface area (Å²) in [6.45, 7) is 7.51. The van der Waals surface area contributed by atoms with Crippen molar-refractivity contribution in [3.8, 4) is 0 Å². The topological polar surface area (TPSA) is 18.5 Å². The molecule has 0 aromatic rings. The Morgan fingerprint density at radius 3 is 1.90 bits per heavy atom. The Morgan fingerprint density at radius 1 is 1.10 bits per heavy atom. The van der Waals surface area contributed by atoms with Crippen molar-refractivity contribution in [1.82, 2.24) is 0 Å². The molecule has 0 saturated heterocycles. The largest absolute Gasteiger partial charge is 0.349 e. The lowest BCUT2D eigenvalue weighted by Gasteiger charge is -2.08. The Balaban J connectivity index is 2.55. The van der Waals surface area contributed by atoms with Gasteiger partial charge in [-0.05, 0) is 31.9 Å². The average molecular weight is 142 g/mol. The van der Waals surface area contributed by atoms with Crippen LogP contribution < -0.4 is 0 Å². The molecule has 0 fully saturated rings. The normalized spacial score (nSPS) is 23.1. The molecule has 1 aliphatic rings. The van der Waals surface area contributed by atoms with Crippen LogP contribution in [0.25, 0.3) is 0 Å². The summed E-state index contributed by atoms with van der Waals surface area (Å²) in [6, 6.07) is 0. The van der Waals surface area contributed by atoms with E-state index in [9.17, 15) is 0 Å². The van der Waals surface area contributed by atoms with Crippen LogP contribution in [0.15, 0.2) is 11.1 Å². The van der Waals surface area contributed by atoms with Crippen LogP contribution in [-0.2, 0) is 9.47 Å². The molecule has 2 heteroatoms. The average Bonchev–Trinajstić information content (AvgIpc) is 2.04. The second-order valence-electron chi connectivity index (χ2n) is 2.75. The Labute approximate surface area is 61.8 Å². The van der Waals surface area contributed by atoms with E-state index >= 15 is 0 Å². The summed E-state index contributed by atoms with van der Waals surface area (Å²) >= 11 is 0. The SMILES string of the molecule is CC1=C(C)COC(C)OC1. The van der Waals surface area contributed by atoms with Crippen molar-refractivity contribution in [2.24, 2.45) is 0 Å². The van der Waals surface area contributed by atoms with Gasteiger partial charge in [-0.2, -0.15) is 0 Å². The van der Waals surface area contributed by atoms with Gasteiger partial charge in [0.05, 0.1) is 13.2 Å². The van der Waals surface area contributed by atoms with Crippen molar-refractivity contribution in [2.75, 3.05) is 13.2 Å². The van der Waals surface area contributed by atoms with E-state index in [1.54, 1.807) is 0 Å². The molecule has 0 aromatic carbocycles. The van der Waals surface area contributed by atoms with Gasteiger partial charge in [-0.1, -0.05) is 0 Å². The lowest BCUT2D eigenvalue weighted by Crippen LogP contribution is -2.10. The molecule has 0 amide bonds. The molecule has 1 aliphatic heterocycles. The second-order valence-corrected chi connectivity index (χ2v) is 2.75. The Kier molecular flexibility index (Phi) is 2.46. The van der Waals surface area contributed by atoms with Crippen LogP contribution in [-0.4, -0.2) is 19.5 Å². The summed E-state index contributed by atoms with van der Waals surface area (Å²) in [5, 5.41) is 0. The van der Waals surface area contributed by atoms with E-state index < -0.39 is 0 Å². The fourth-order valence-corrected chi connectivity index (χ4v) is 0.779. The molecule has 0 atom stereocenters. The van der Waals surface area contributed by atoms with Crippen LogP contribution >= 0.6 is 0 Å². The smallest absolute Gasteiger partial charge is 0.155 e. The highest BCUT2D eigenvalue weighted by molar-refractivity contribution is 5.10. The fraction of sp³-hybridized carbons (Fsp3) is 0.750. The van der Waals surface area contributed by atoms with Gasteiger partial charge < -0.3 is 9.47 Å². The summed E-state index contributed by atoms with van der Waals surface area (Å²) in [6.07, 6.45) is -0.0487. The summed E-state index contributed by atoms with van der Waals surface area (Å²) in [7, 11) is 0. The molecule has 0 spiro atoms. The highest BCUT2D eigenvalue weighted by atomic mass is 16.7. The summed E-state index contributed by atoms with van der Waals surface area (Å²) < 4.78 is 10.6. The monoisotopic (exact) mass is 142 g/mol. The third-order valence-corrected chi connectivity index (χ3v) is 1.80. The molecule has 0 bridgehead atoms. The van der Waals surface area contributed by atoms with Gasteiger partial charge in [0.25, 0.3) is 0 Å². The first-order valence-corrected chi connectivity index (χ1v) is 3.58. The molecule has 10 heavy (non-hydrogen) atoms. The van der Waals surface area contributed by atoms with E-state index in [0.717, 1.165) is 0 Å². The zero-order valence-electron chi connectivity index (χ0n) is 6.81. The Bertz CT molecular complexity index is 133. The molecule has 0 unspecified atom stereocenters. The Hall–Kier alpha value is -0.340. The fourth-order valence-electron chi connectivity index (χ4n) is 0.779. The predicted octanol–water partition coefficient (Wildman–Crippen LogP) is 1.72. The van der Waals surface area contributed by atoms with Crippen molar-refractivity contribution in [3.05, 3.63) is 11.1 Å². The standard InChI is InChI=1S/C8H14O2/c1-6-4-9-8(3)10-5-7(6)2/h8H,4-5H2,1-3H3. The molecule has 1 rings (SSSR count). The summed E-state index contributed by atoms with van der Waals surface area (Å²) in [5.74, 6) is 0. The molecule has 2 nitrogen and oxygen atoms in total. The third kappa shape index (κ3) is 1.82. The van der Waals surface area contributed by atoms with Gasteiger partial charge in [-0.15, -0.1) is 0 Å². The highest BCUT2D eigenvalue weighted by Gasteiger charge is 2.09. The van der Waals surface area contributed by atoms with Crippen molar-refractivity contribution < 1.29 is 9.47 Å². The zero-order valence-corrected chi connectivity index (χ0v) is 6.81. The van der Waals surface area contributed by atoms with E-state index in [1.807, 2.05) is 6.92 Å². The van der Waals surface area contributed by atoms with Crippen molar-refractivity contribution >= 4 is 0 Å². The van der Waals surface area contributed by atoms with Gasteiger partial charge in [0, 0.05) is 0 Å². The first-order chi connectivity index (χ1) is 4.70. The van der Waals surface area contributed by atoms with E-state index in [-0.39, 0.29) is 6.29 Å². The minimum Gasteiger partial charge on any atom is -0.349 e. The van der Waals surface area contributed by atoms with Crippen LogP contribution in [0.3, 0.4) is 0 Å². The lowest BCUT2D eigenvalue weighted by molar-refractivity contribution is -0.110. The van der Waals surface area contributed by atoms with E-state index in [1.165, 1.54) is 11.1 Å². The van der Waals surface area contributed by atoms with Gasteiger partial charge in [0.1, 0.15) is 0 Å².